The number of likely N-dealkylation sites (tertiary alicyclic amines) is 1. The first-order valence-electron chi connectivity index (χ1n) is 7.09. The van der Waals surface area contributed by atoms with Gasteiger partial charge in [-0.2, -0.15) is 10.2 Å². The molecule has 1 aliphatic rings. The molecule has 1 unspecified atom stereocenters. The Hall–Kier alpha value is -2.44. The molecule has 1 fully saturated rings. The van der Waals surface area contributed by atoms with Crippen LogP contribution < -0.4 is 5.32 Å². The molecule has 0 saturated carbocycles. The van der Waals surface area contributed by atoms with E-state index in [4.69, 9.17) is 0 Å². The number of carbonyl (C=O) groups excluding carboxylic acids is 1. The van der Waals surface area contributed by atoms with Crippen LogP contribution in [0, 0.1) is 0 Å². The summed E-state index contributed by atoms with van der Waals surface area (Å²) in [6.45, 7) is 0.738. The number of nitrogens with one attached hydrogen (secondary N) is 1. The minimum atomic E-state index is -0.138. The molecular weight excluding hydrogens is 268 g/mol. The van der Waals surface area contributed by atoms with E-state index in [2.05, 4.69) is 20.6 Å². The standard InChI is InChI=1S/C14H18N6O/c1-19-11(7-9-16-19)12-5-2-3-10-20(12)14(21)17-13-6-4-8-15-18-13/h4,6-9,12H,2-3,5,10H2,1H3,(H,17,18,21). The van der Waals surface area contributed by atoms with Gasteiger partial charge in [-0.25, -0.2) is 4.79 Å². The molecule has 2 aromatic rings. The first kappa shape index (κ1) is 13.5. The second kappa shape index (κ2) is 5.90. The lowest BCUT2D eigenvalue weighted by atomic mass is 10.00. The summed E-state index contributed by atoms with van der Waals surface area (Å²) in [7, 11) is 1.91. The minimum Gasteiger partial charge on any atom is -0.316 e. The maximum absolute atomic E-state index is 12.5. The van der Waals surface area contributed by atoms with E-state index in [0.29, 0.717) is 5.82 Å². The van der Waals surface area contributed by atoms with E-state index in [-0.39, 0.29) is 12.1 Å². The zero-order chi connectivity index (χ0) is 14.7. The van der Waals surface area contributed by atoms with Crippen molar-refractivity contribution in [2.75, 3.05) is 11.9 Å². The van der Waals surface area contributed by atoms with E-state index in [1.807, 2.05) is 22.7 Å². The van der Waals surface area contributed by atoms with Crippen molar-refractivity contribution in [2.24, 2.45) is 7.05 Å². The molecule has 21 heavy (non-hydrogen) atoms. The van der Waals surface area contributed by atoms with Gasteiger partial charge in [0.15, 0.2) is 5.82 Å². The van der Waals surface area contributed by atoms with Gasteiger partial charge >= 0.3 is 6.03 Å². The van der Waals surface area contributed by atoms with Gasteiger partial charge in [0.05, 0.1) is 11.7 Å². The van der Waals surface area contributed by atoms with Gasteiger partial charge in [-0.15, -0.1) is 5.10 Å². The second-order valence-corrected chi connectivity index (χ2v) is 5.12. The van der Waals surface area contributed by atoms with Crippen molar-refractivity contribution in [1.29, 1.82) is 0 Å². The van der Waals surface area contributed by atoms with Crippen molar-refractivity contribution in [1.82, 2.24) is 24.9 Å². The van der Waals surface area contributed by atoms with Crippen LogP contribution in [0.25, 0.3) is 0 Å². The topological polar surface area (TPSA) is 75.9 Å². The number of piperidine rings is 1. The molecule has 0 aromatic carbocycles. The summed E-state index contributed by atoms with van der Waals surface area (Å²) in [5, 5.41) is 14.7. The van der Waals surface area contributed by atoms with Crippen LogP contribution in [0.3, 0.4) is 0 Å². The number of aromatic nitrogens is 4. The average Bonchev–Trinajstić information content (AvgIpc) is 2.94. The van der Waals surface area contributed by atoms with Gasteiger partial charge in [0.25, 0.3) is 0 Å². The van der Waals surface area contributed by atoms with Crippen molar-refractivity contribution in [2.45, 2.75) is 25.3 Å². The van der Waals surface area contributed by atoms with Crippen molar-refractivity contribution >= 4 is 11.8 Å². The molecule has 3 rings (SSSR count). The molecule has 0 aliphatic carbocycles. The quantitative estimate of drug-likeness (QED) is 0.915. The first-order valence-corrected chi connectivity index (χ1v) is 7.09. The van der Waals surface area contributed by atoms with Gasteiger partial charge in [0, 0.05) is 26.0 Å². The highest BCUT2D eigenvalue weighted by molar-refractivity contribution is 5.88. The monoisotopic (exact) mass is 286 g/mol. The van der Waals surface area contributed by atoms with E-state index >= 15 is 0 Å². The third kappa shape index (κ3) is 2.86. The molecule has 7 heteroatoms. The van der Waals surface area contributed by atoms with Gasteiger partial charge in [-0.1, -0.05) is 0 Å². The predicted octanol–water partition coefficient (Wildman–Crippen LogP) is 1.97. The predicted molar refractivity (Wildman–Crippen MR) is 77.6 cm³/mol. The molecule has 0 radical (unpaired) electrons. The van der Waals surface area contributed by atoms with Crippen LogP contribution in [0.1, 0.15) is 31.0 Å². The first-order chi connectivity index (χ1) is 10.3. The number of hydrogen-bond acceptors (Lipinski definition) is 4. The van der Waals surface area contributed by atoms with Gasteiger partial charge in [-0.05, 0) is 37.5 Å². The van der Waals surface area contributed by atoms with Crippen LogP contribution in [0.4, 0.5) is 10.6 Å². The SMILES string of the molecule is Cn1nccc1C1CCCCN1C(=O)Nc1cccnn1. The molecular formula is C14H18N6O. The van der Waals surface area contributed by atoms with Crippen LogP contribution in [-0.2, 0) is 7.05 Å². The van der Waals surface area contributed by atoms with Gasteiger partial charge in [-0.3, -0.25) is 10.00 Å². The van der Waals surface area contributed by atoms with Crippen molar-refractivity contribution in [3.05, 3.63) is 36.3 Å². The van der Waals surface area contributed by atoms with Crippen LogP contribution in [-0.4, -0.2) is 37.5 Å². The molecule has 2 aromatic heterocycles. The Kier molecular flexibility index (Phi) is 3.81. The fourth-order valence-electron chi connectivity index (χ4n) is 2.74. The highest BCUT2D eigenvalue weighted by Crippen LogP contribution is 2.30. The molecule has 1 atom stereocenters. The van der Waals surface area contributed by atoms with Crippen LogP contribution >= 0.6 is 0 Å². The Bertz CT molecular complexity index is 611. The van der Waals surface area contributed by atoms with E-state index in [9.17, 15) is 4.79 Å². The fraction of sp³-hybridized carbons (Fsp3) is 0.429. The Morgan fingerprint density at radius 1 is 1.33 bits per heavy atom. The van der Waals surface area contributed by atoms with Crippen LogP contribution in [0.5, 0.6) is 0 Å². The average molecular weight is 286 g/mol. The number of rotatable bonds is 2. The van der Waals surface area contributed by atoms with Crippen LogP contribution in [0.2, 0.25) is 0 Å². The molecule has 0 bridgehead atoms. The van der Waals surface area contributed by atoms with E-state index in [0.717, 1.165) is 31.5 Å². The number of carbonyl (C=O) groups is 1. The molecule has 1 N–H and O–H groups in total. The zero-order valence-corrected chi connectivity index (χ0v) is 11.9. The van der Waals surface area contributed by atoms with Gasteiger partial charge in [0.1, 0.15) is 0 Å². The molecule has 0 spiro atoms. The summed E-state index contributed by atoms with van der Waals surface area (Å²) in [6.07, 6.45) is 6.43. The highest BCUT2D eigenvalue weighted by atomic mass is 16.2. The Labute approximate surface area is 123 Å². The van der Waals surface area contributed by atoms with E-state index in [1.165, 1.54) is 0 Å². The van der Waals surface area contributed by atoms with Crippen molar-refractivity contribution < 1.29 is 4.79 Å². The van der Waals surface area contributed by atoms with E-state index in [1.54, 1.807) is 24.5 Å². The lowest BCUT2D eigenvalue weighted by Crippen LogP contribution is -2.42. The van der Waals surface area contributed by atoms with Crippen LogP contribution in [0.15, 0.2) is 30.6 Å². The number of aryl methyl sites for hydroxylation is 1. The maximum atomic E-state index is 12.5. The maximum Gasteiger partial charge on any atom is 0.323 e. The second-order valence-electron chi connectivity index (χ2n) is 5.12. The number of hydrogen-bond donors (Lipinski definition) is 1. The highest BCUT2D eigenvalue weighted by Gasteiger charge is 2.29. The summed E-state index contributed by atoms with van der Waals surface area (Å²) >= 11 is 0. The van der Waals surface area contributed by atoms with Crippen molar-refractivity contribution in [3.8, 4) is 0 Å². The van der Waals surface area contributed by atoms with Crippen molar-refractivity contribution in [3.63, 3.8) is 0 Å². The summed E-state index contributed by atoms with van der Waals surface area (Å²) in [6, 6.07) is 5.37. The molecule has 2 amide bonds. The summed E-state index contributed by atoms with van der Waals surface area (Å²) in [5.74, 6) is 0.469. The number of anilines is 1. The Morgan fingerprint density at radius 2 is 2.24 bits per heavy atom. The Balaban J connectivity index is 1.78. The zero-order valence-electron chi connectivity index (χ0n) is 11.9. The van der Waals surface area contributed by atoms with Gasteiger partial charge < -0.3 is 4.90 Å². The molecule has 1 saturated heterocycles. The fourth-order valence-corrected chi connectivity index (χ4v) is 2.74. The smallest absolute Gasteiger partial charge is 0.316 e. The molecule has 1 aliphatic heterocycles. The summed E-state index contributed by atoms with van der Waals surface area (Å²) in [4.78, 5) is 14.4. The summed E-state index contributed by atoms with van der Waals surface area (Å²) in [5.41, 5.74) is 1.06. The Morgan fingerprint density at radius 3 is 2.95 bits per heavy atom. The van der Waals surface area contributed by atoms with Gasteiger partial charge in [0.2, 0.25) is 0 Å². The third-order valence-electron chi connectivity index (χ3n) is 3.77. The largest absolute Gasteiger partial charge is 0.323 e. The number of amides is 2. The number of nitrogens with zero attached hydrogens (tertiary/aromatic N) is 5. The molecule has 110 valence electrons. The number of urea groups is 1. The minimum absolute atomic E-state index is 0.0583. The molecule has 3 heterocycles. The third-order valence-corrected chi connectivity index (χ3v) is 3.77. The lowest BCUT2D eigenvalue weighted by Gasteiger charge is -2.35. The lowest BCUT2D eigenvalue weighted by molar-refractivity contribution is 0.159. The molecule has 7 nitrogen and oxygen atoms in total. The summed E-state index contributed by atoms with van der Waals surface area (Å²) < 4.78 is 1.83. The van der Waals surface area contributed by atoms with E-state index < -0.39 is 0 Å². The normalized spacial score (nSPS) is 18.5.